The Bertz CT molecular complexity index is 738. The predicted molar refractivity (Wildman–Crippen MR) is 92.7 cm³/mol. The topological polar surface area (TPSA) is 72.2 Å². The van der Waals surface area contributed by atoms with Gasteiger partial charge in [-0.2, -0.15) is 10.1 Å². The molecule has 2 heterocycles. The molecule has 3 unspecified atom stereocenters. The summed E-state index contributed by atoms with van der Waals surface area (Å²) in [6, 6.07) is 0.319. The lowest BCUT2D eigenvalue weighted by molar-refractivity contribution is -0.122. The van der Waals surface area contributed by atoms with Crippen LogP contribution in [0.4, 0.5) is 0 Å². The Morgan fingerprint density at radius 1 is 1.33 bits per heavy atom. The van der Waals surface area contributed by atoms with Crippen LogP contribution in [0.2, 0.25) is 0 Å². The van der Waals surface area contributed by atoms with Crippen LogP contribution in [0.5, 0.6) is 0 Å². The number of rotatable bonds is 4. The van der Waals surface area contributed by atoms with Crippen LogP contribution in [-0.2, 0) is 11.2 Å². The summed E-state index contributed by atoms with van der Waals surface area (Å²) < 4.78 is 1.74. The van der Waals surface area contributed by atoms with Gasteiger partial charge in [0.1, 0.15) is 6.33 Å². The smallest absolute Gasteiger partial charge is 0.252 e. The zero-order valence-corrected chi connectivity index (χ0v) is 15.0. The molecule has 0 aromatic carbocycles. The second-order valence-electron chi connectivity index (χ2n) is 7.17. The van der Waals surface area contributed by atoms with Crippen LogP contribution in [0.25, 0.3) is 5.78 Å². The van der Waals surface area contributed by atoms with Gasteiger partial charge in [0.25, 0.3) is 5.78 Å². The second-order valence-corrected chi connectivity index (χ2v) is 7.17. The van der Waals surface area contributed by atoms with Crippen molar-refractivity contribution in [3.8, 4) is 0 Å². The van der Waals surface area contributed by atoms with Crippen LogP contribution >= 0.6 is 0 Å². The van der Waals surface area contributed by atoms with E-state index >= 15 is 0 Å². The third-order valence-corrected chi connectivity index (χ3v) is 5.64. The van der Waals surface area contributed by atoms with Crippen molar-refractivity contribution in [2.45, 2.75) is 65.8 Å². The molecule has 3 rings (SSSR count). The molecule has 0 spiro atoms. The third-order valence-electron chi connectivity index (χ3n) is 5.64. The summed E-state index contributed by atoms with van der Waals surface area (Å²) in [5.41, 5.74) is 3.04. The third kappa shape index (κ3) is 3.28. The number of nitrogens with one attached hydrogen (secondary N) is 1. The predicted octanol–water partition coefficient (Wildman–Crippen LogP) is 2.61. The minimum Gasteiger partial charge on any atom is -0.353 e. The van der Waals surface area contributed by atoms with Crippen molar-refractivity contribution in [3.05, 3.63) is 23.3 Å². The van der Waals surface area contributed by atoms with Crippen molar-refractivity contribution in [3.63, 3.8) is 0 Å². The zero-order valence-electron chi connectivity index (χ0n) is 15.0. The molecule has 1 aliphatic carbocycles. The molecule has 0 saturated heterocycles. The van der Waals surface area contributed by atoms with Gasteiger partial charge in [0.15, 0.2) is 0 Å². The molecule has 24 heavy (non-hydrogen) atoms. The van der Waals surface area contributed by atoms with Crippen molar-refractivity contribution in [2.24, 2.45) is 11.8 Å². The first-order chi connectivity index (χ1) is 11.5. The normalized spacial score (nSPS) is 24.2. The molecule has 130 valence electrons. The first kappa shape index (κ1) is 16.9. The Morgan fingerprint density at radius 3 is 2.92 bits per heavy atom. The van der Waals surface area contributed by atoms with Gasteiger partial charge in [-0.15, -0.1) is 0 Å². The summed E-state index contributed by atoms with van der Waals surface area (Å²) in [5.74, 6) is 1.99. The monoisotopic (exact) mass is 329 g/mol. The van der Waals surface area contributed by atoms with Crippen molar-refractivity contribution in [1.29, 1.82) is 0 Å². The zero-order chi connectivity index (χ0) is 17.3. The number of aryl methyl sites for hydroxylation is 2. The Hall–Kier alpha value is -1.98. The standard InChI is InChI=1S/C18H27N5O/c1-11-6-5-7-16(12(11)2)22-17(24)9-8-15-13(3)21-18-19-10-20-23(18)14(15)4/h10-12,16H,5-9H2,1-4H3,(H,22,24). The van der Waals surface area contributed by atoms with E-state index in [1.54, 1.807) is 4.52 Å². The molecule has 0 aliphatic heterocycles. The number of hydrogen-bond donors (Lipinski definition) is 1. The molecule has 6 nitrogen and oxygen atoms in total. The molecule has 1 fully saturated rings. The van der Waals surface area contributed by atoms with E-state index < -0.39 is 0 Å². The van der Waals surface area contributed by atoms with Crippen LogP contribution < -0.4 is 5.32 Å². The van der Waals surface area contributed by atoms with E-state index in [0.717, 1.165) is 23.4 Å². The summed E-state index contributed by atoms with van der Waals surface area (Å²) in [6.07, 6.45) is 6.26. The minimum absolute atomic E-state index is 0.137. The van der Waals surface area contributed by atoms with Gasteiger partial charge in [-0.05, 0) is 44.1 Å². The lowest BCUT2D eigenvalue weighted by atomic mass is 9.78. The van der Waals surface area contributed by atoms with Crippen LogP contribution in [0.1, 0.15) is 56.5 Å². The molecule has 2 aromatic rings. The summed E-state index contributed by atoms with van der Waals surface area (Å²) in [7, 11) is 0. The van der Waals surface area contributed by atoms with Crippen LogP contribution in [0.15, 0.2) is 6.33 Å². The number of carbonyl (C=O) groups is 1. The number of carbonyl (C=O) groups excluding carboxylic acids is 1. The van der Waals surface area contributed by atoms with E-state index in [9.17, 15) is 4.79 Å². The molecule has 1 aliphatic rings. The first-order valence-electron chi connectivity index (χ1n) is 8.92. The highest BCUT2D eigenvalue weighted by Crippen LogP contribution is 2.29. The van der Waals surface area contributed by atoms with E-state index in [0.29, 0.717) is 36.5 Å². The van der Waals surface area contributed by atoms with Gasteiger partial charge < -0.3 is 5.32 Å². The van der Waals surface area contributed by atoms with Crippen molar-refractivity contribution >= 4 is 11.7 Å². The Kier molecular flexibility index (Phi) is 4.83. The summed E-state index contributed by atoms with van der Waals surface area (Å²) >= 11 is 0. The van der Waals surface area contributed by atoms with Gasteiger partial charge in [0.05, 0.1) is 0 Å². The van der Waals surface area contributed by atoms with Gasteiger partial charge >= 0.3 is 0 Å². The summed E-state index contributed by atoms with van der Waals surface area (Å²) in [5, 5.41) is 7.45. The molecule has 6 heteroatoms. The van der Waals surface area contributed by atoms with Crippen molar-refractivity contribution in [2.75, 3.05) is 0 Å². The number of aromatic nitrogens is 4. The summed E-state index contributed by atoms with van der Waals surface area (Å²) in [6.45, 7) is 8.52. The average molecular weight is 329 g/mol. The lowest BCUT2D eigenvalue weighted by Gasteiger charge is -2.34. The SMILES string of the molecule is Cc1nc2ncnn2c(C)c1CCC(=O)NC1CCCC(C)C1C. The van der Waals surface area contributed by atoms with Crippen LogP contribution in [0.3, 0.4) is 0 Å². The maximum absolute atomic E-state index is 12.4. The van der Waals surface area contributed by atoms with E-state index in [-0.39, 0.29) is 5.91 Å². The molecule has 2 aromatic heterocycles. The molecule has 0 bridgehead atoms. The maximum Gasteiger partial charge on any atom is 0.252 e. The maximum atomic E-state index is 12.4. The van der Waals surface area contributed by atoms with Crippen molar-refractivity contribution < 1.29 is 4.79 Å². The van der Waals surface area contributed by atoms with Crippen molar-refractivity contribution in [1.82, 2.24) is 24.9 Å². The van der Waals surface area contributed by atoms with E-state index in [1.165, 1.54) is 19.2 Å². The highest BCUT2D eigenvalue weighted by molar-refractivity contribution is 5.76. The Morgan fingerprint density at radius 2 is 2.12 bits per heavy atom. The number of hydrogen-bond acceptors (Lipinski definition) is 4. The summed E-state index contributed by atoms with van der Waals surface area (Å²) in [4.78, 5) is 21.0. The Balaban J connectivity index is 1.64. The number of fused-ring (bicyclic) bond motifs is 1. The Labute approximate surface area is 143 Å². The molecule has 3 atom stereocenters. The van der Waals surface area contributed by atoms with Crippen LogP contribution in [0, 0.1) is 25.7 Å². The van der Waals surface area contributed by atoms with Crippen LogP contribution in [-0.4, -0.2) is 31.5 Å². The molecule has 0 radical (unpaired) electrons. The van der Waals surface area contributed by atoms with Gasteiger partial charge in [0, 0.05) is 23.9 Å². The second kappa shape index (κ2) is 6.87. The van der Waals surface area contributed by atoms with Gasteiger partial charge in [-0.3, -0.25) is 4.79 Å². The number of nitrogens with zero attached hydrogens (tertiary/aromatic N) is 4. The number of amides is 1. The molecule has 1 amide bonds. The average Bonchev–Trinajstić information content (AvgIpc) is 3.00. The van der Waals surface area contributed by atoms with Gasteiger partial charge in [-0.25, -0.2) is 9.50 Å². The van der Waals surface area contributed by atoms with E-state index in [4.69, 9.17) is 0 Å². The fraction of sp³-hybridized carbons (Fsp3) is 0.667. The quantitative estimate of drug-likeness (QED) is 0.936. The largest absolute Gasteiger partial charge is 0.353 e. The molecular formula is C18H27N5O. The molecule has 1 N–H and O–H groups in total. The fourth-order valence-corrected chi connectivity index (χ4v) is 3.82. The lowest BCUT2D eigenvalue weighted by Crippen LogP contribution is -2.43. The first-order valence-corrected chi connectivity index (χ1v) is 8.92. The minimum atomic E-state index is 0.137. The fourth-order valence-electron chi connectivity index (χ4n) is 3.82. The van der Waals surface area contributed by atoms with Gasteiger partial charge in [0.2, 0.25) is 5.91 Å². The highest BCUT2D eigenvalue weighted by atomic mass is 16.1. The van der Waals surface area contributed by atoms with E-state index in [2.05, 4.69) is 34.2 Å². The van der Waals surface area contributed by atoms with Gasteiger partial charge in [-0.1, -0.05) is 26.7 Å². The molecular weight excluding hydrogens is 302 g/mol. The molecule has 1 saturated carbocycles. The van der Waals surface area contributed by atoms with E-state index in [1.807, 2.05) is 13.8 Å². The highest BCUT2D eigenvalue weighted by Gasteiger charge is 2.28.